The molecule has 0 fully saturated rings. The van der Waals surface area contributed by atoms with Crippen LogP contribution in [0.25, 0.3) is 12.2 Å². The molecule has 7 nitrogen and oxygen atoms in total. The molecule has 8 heteroatoms. The molecule has 1 amide bonds. The van der Waals surface area contributed by atoms with E-state index in [2.05, 4.69) is 17.1 Å². The van der Waals surface area contributed by atoms with E-state index >= 15 is 0 Å². The lowest BCUT2D eigenvalue weighted by atomic mass is 9.88. The Morgan fingerprint density at radius 3 is 2.61 bits per heavy atom. The van der Waals surface area contributed by atoms with Crippen LogP contribution in [0.2, 0.25) is 0 Å². The summed E-state index contributed by atoms with van der Waals surface area (Å²) >= 11 is 6.43. The van der Waals surface area contributed by atoms with E-state index in [4.69, 9.17) is 21.1 Å². The number of nitrogens with zero attached hydrogens (tertiary/aromatic N) is 1. The number of halogens is 1. The second kappa shape index (κ2) is 11.3. The van der Waals surface area contributed by atoms with Crippen LogP contribution >= 0.6 is 11.6 Å². The predicted molar refractivity (Wildman–Crippen MR) is 141 cm³/mol. The van der Waals surface area contributed by atoms with Crippen LogP contribution in [0, 0.1) is 11.3 Å². The molecule has 2 aliphatic rings. The van der Waals surface area contributed by atoms with Crippen molar-refractivity contribution in [3.8, 4) is 5.75 Å². The molecule has 2 aromatic rings. The van der Waals surface area contributed by atoms with E-state index in [1.165, 1.54) is 5.56 Å². The molecule has 1 aromatic heterocycles. The fourth-order valence-corrected chi connectivity index (χ4v) is 4.98. The van der Waals surface area contributed by atoms with Gasteiger partial charge in [-0.1, -0.05) is 45.1 Å². The highest BCUT2D eigenvalue weighted by molar-refractivity contribution is 6.24. The van der Waals surface area contributed by atoms with Crippen LogP contribution in [0.3, 0.4) is 0 Å². The Kier molecular flexibility index (Phi) is 8.33. The average Bonchev–Trinajstić information content (AvgIpc) is 3.26. The van der Waals surface area contributed by atoms with Crippen LogP contribution in [-0.4, -0.2) is 64.5 Å². The molecular weight excluding hydrogens is 480 g/mol. The minimum Gasteiger partial charge on any atom is -0.493 e. The third-order valence-corrected chi connectivity index (χ3v) is 7.53. The van der Waals surface area contributed by atoms with Gasteiger partial charge >= 0.3 is 6.09 Å². The van der Waals surface area contributed by atoms with Crippen molar-refractivity contribution in [2.45, 2.75) is 51.5 Å². The monoisotopic (exact) mass is 516 g/mol. The van der Waals surface area contributed by atoms with Crippen molar-refractivity contribution < 1.29 is 24.5 Å². The number of fused-ring (bicyclic) bond motifs is 3. The molecule has 0 radical (unpaired) electrons. The summed E-state index contributed by atoms with van der Waals surface area (Å²) in [6.07, 6.45) is 6.01. The second-order valence-electron chi connectivity index (χ2n) is 10.3. The summed E-state index contributed by atoms with van der Waals surface area (Å²) in [5, 5.41) is 21.6. The number of aromatic amines is 1. The summed E-state index contributed by atoms with van der Waals surface area (Å²) in [6, 6.07) is 7.33. The summed E-state index contributed by atoms with van der Waals surface area (Å²) in [7, 11) is 0. The van der Waals surface area contributed by atoms with E-state index in [0.29, 0.717) is 25.3 Å². The van der Waals surface area contributed by atoms with Gasteiger partial charge in [-0.25, -0.2) is 4.79 Å². The van der Waals surface area contributed by atoms with Crippen molar-refractivity contribution in [3.05, 3.63) is 51.7 Å². The van der Waals surface area contributed by atoms with Crippen molar-refractivity contribution in [2.75, 3.05) is 33.0 Å². The van der Waals surface area contributed by atoms with Gasteiger partial charge in [0.15, 0.2) is 0 Å². The zero-order chi connectivity index (χ0) is 25.9. The highest BCUT2D eigenvalue weighted by Crippen LogP contribution is 2.34. The second-order valence-corrected chi connectivity index (χ2v) is 10.9. The zero-order valence-electron chi connectivity index (χ0n) is 21.3. The first-order chi connectivity index (χ1) is 17.3. The molecule has 36 heavy (non-hydrogen) atoms. The number of nitrogens with one attached hydrogen (secondary N) is 1. The summed E-state index contributed by atoms with van der Waals surface area (Å²) < 4.78 is 11.5. The molecule has 1 aromatic carbocycles. The number of rotatable bonds is 9. The number of hydrogen-bond acceptors (Lipinski definition) is 5. The Morgan fingerprint density at radius 1 is 1.25 bits per heavy atom. The highest BCUT2D eigenvalue weighted by Gasteiger charge is 2.35. The molecule has 2 atom stereocenters. The van der Waals surface area contributed by atoms with Crippen LogP contribution < -0.4 is 15.3 Å². The lowest BCUT2D eigenvalue weighted by Gasteiger charge is -2.35. The van der Waals surface area contributed by atoms with Crippen molar-refractivity contribution in [3.63, 3.8) is 0 Å². The first-order valence-electron chi connectivity index (χ1n) is 12.8. The normalized spacial score (nSPS) is 19.2. The van der Waals surface area contributed by atoms with Gasteiger partial charge in [-0.3, -0.25) is 4.90 Å². The number of aliphatic hydroxyl groups is 2. The Hall–Kier alpha value is -2.48. The molecule has 2 heterocycles. The van der Waals surface area contributed by atoms with E-state index in [-0.39, 0.29) is 43.3 Å². The molecule has 196 valence electrons. The van der Waals surface area contributed by atoms with Crippen molar-refractivity contribution in [2.24, 2.45) is 11.3 Å². The van der Waals surface area contributed by atoms with Gasteiger partial charge in [0.25, 0.3) is 0 Å². The summed E-state index contributed by atoms with van der Waals surface area (Å²) in [5.74, 6) is 0.890. The maximum atomic E-state index is 13.2. The SMILES string of the molecule is CCC(CO)(CO)COc1ccc([C@H]2c3[nH]c4c(c3CCN2C(=O)OCC(C)C)=CC(Cl)CC=4)cc1. The Bertz CT molecular complexity index is 1160. The van der Waals surface area contributed by atoms with Gasteiger partial charge in [-0.2, -0.15) is 0 Å². The lowest BCUT2D eigenvalue weighted by Crippen LogP contribution is -2.42. The fraction of sp³-hybridized carbons (Fsp3) is 0.536. The molecule has 0 spiro atoms. The smallest absolute Gasteiger partial charge is 0.410 e. The maximum absolute atomic E-state index is 13.2. The first kappa shape index (κ1) is 26.6. The third kappa shape index (κ3) is 5.43. The van der Waals surface area contributed by atoms with Gasteiger partial charge < -0.3 is 24.7 Å². The quantitative estimate of drug-likeness (QED) is 0.445. The molecule has 0 bridgehead atoms. The number of carbonyl (C=O) groups is 1. The van der Waals surface area contributed by atoms with Gasteiger partial charge in [0.1, 0.15) is 11.8 Å². The van der Waals surface area contributed by atoms with Crippen LogP contribution in [0.4, 0.5) is 4.79 Å². The standard InChI is InChI=1S/C28H37ClN2O5/c1-4-28(15-32,16-33)17-36-21-8-5-19(6-9-21)26-25-22(23-13-20(29)7-10-24(23)30-25)11-12-31(26)27(34)35-14-18(2)3/h5-6,8-10,13,18,20,26,30,32-33H,4,7,11-12,14-17H2,1-3H3/t20?,26-/m0/s1. The van der Waals surface area contributed by atoms with Gasteiger partial charge in [-0.05, 0) is 48.4 Å². The van der Waals surface area contributed by atoms with Crippen molar-refractivity contribution in [1.82, 2.24) is 9.88 Å². The van der Waals surface area contributed by atoms with Crippen molar-refractivity contribution in [1.29, 1.82) is 0 Å². The van der Waals surface area contributed by atoms with Crippen LogP contribution in [-0.2, 0) is 11.2 Å². The van der Waals surface area contributed by atoms with Crippen LogP contribution in [0.1, 0.15) is 56.5 Å². The van der Waals surface area contributed by atoms with E-state index in [1.807, 2.05) is 45.0 Å². The minimum atomic E-state index is -0.676. The number of H-pyrrole nitrogens is 1. The molecule has 1 aliphatic heterocycles. The minimum absolute atomic E-state index is 0.0330. The molecule has 4 rings (SSSR count). The predicted octanol–water partition coefficient (Wildman–Crippen LogP) is 3.09. The van der Waals surface area contributed by atoms with Crippen LogP contribution in [0.5, 0.6) is 5.75 Å². The number of amides is 1. The topological polar surface area (TPSA) is 95.0 Å². The average molecular weight is 517 g/mol. The zero-order valence-corrected chi connectivity index (χ0v) is 22.1. The Labute approximate surface area is 217 Å². The summed E-state index contributed by atoms with van der Waals surface area (Å²) in [6.45, 7) is 6.79. The number of alkyl halides is 1. The van der Waals surface area contributed by atoms with E-state index < -0.39 is 5.41 Å². The summed E-state index contributed by atoms with van der Waals surface area (Å²) in [4.78, 5) is 18.5. The lowest BCUT2D eigenvalue weighted by molar-refractivity contribution is 0.0114. The van der Waals surface area contributed by atoms with Crippen LogP contribution in [0.15, 0.2) is 24.3 Å². The van der Waals surface area contributed by atoms with Gasteiger partial charge in [0, 0.05) is 22.8 Å². The van der Waals surface area contributed by atoms with Gasteiger partial charge in [0.05, 0.1) is 37.2 Å². The van der Waals surface area contributed by atoms with Gasteiger partial charge in [0.2, 0.25) is 0 Å². The third-order valence-electron chi connectivity index (χ3n) is 7.23. The maximum Gasteiger partial charge on any atom is 0.410 e. The van der Waals surface area contributed by atoms with Crippen molar-refractivity contribution >= 4 is 29.8 Å². The number of hydrogen-bond donors (Lipinski definition) is 3. The molecule has 0 saturated carbocycles. The number of aromatic nitrogens is 1. The van der Waals surface area contributed by atoms with Gasteiger partial charge in [-0.15, -0.1) is 11.6 Å². The molecule has 3 N–H and O–H groups in total. The fourth-order valence-electron chi connectivity index (χ4n) is 4.76. The molecular formula is C28H37ClN2O5. The molecule has 1 unspecified atom stereocenters. The molecule has 1 aliphatic carbocycles. The Morgan fingerprint density at radius 2 is 1.97 bits per heavy atom. The Balaban J connectivity index is 1.66. The van der Waals surface area contributed by atoms with E-state index in [1.54, 1.807) is 4.90 Å². The number of ether oxygens (including phenoxy) is 2. The van der Waals surface area contributed by atoms with E-state index in [9.17, 15) is 15.0 Å². The largest absolute Gasteiger partial charge is 0.493 e. The summed E-state index contributed by atoms with van der Waals surface area (Å²) in [5.41, 5.74) is 2.45. The number of carbonyl (C=O) groups excluding carboxylic acids is 1. The molecule has 0 saturated heterocycles. The number of benzene rings is 1. The first-order valence-corrected chi connectivity index (χ1v) is 13.2. The number of aliphatic hydroxyl groups excluding tert-OH is 2. The van der Waals surface area contributed by atoms with E-state index in [0.717, 1.165) is 34.7 Å². The highest BCUT2D eigenvalue weighted by atomic mass is 35.5.